The van der Waals surface area contributed by atoms with Crippen molar-refractivity contribution >= 4 is 5.91 Å². The van der Waals surface area contributed by atoms with Gasteiger partial charge < -0.3 is 0 Å². The minimum Gasteiger partial charge on any atom is -0.274 e. The van der Waals surface area contributed by atoms with E-state index in [1.807, 2.05) is 55.5 Å². The number of rotatable bonds is 2. The molecule has 5 heteroatoms. The third-order valence-electron chi connectivity index (χ3n) is 4.44. The molecule has 0 saturated carbocycles. The van der Waals surface area contributed by atoms with Gasteiger partial charge in [0.05, 0.1) is 30.6 Å². The maximum absolute atomic E-state index is 12.8. The maximum Gasteiger partial charge on any atom is 0.279 e. The third-order valence-corrected chi connectivity index (χ3v) is 4.44. The van der Waals surface area contributed by atoms with Crippen LogP contribution >= 0.6 is 0 Å². The molecule has 124 valence electrons. The summed E-state index contributed by atoms with van der Waals surface area (Å²) in [6, 6.07) is 15.5. The van der Waals surface area contributed by atoms with E-state index in [-0.39, 0.29) is 5.91 Å². The van der Waals surface area contributed by atoms with Crippen LogP contribution in [0.1, 0.15) is 21.6 Å². The van der Waals surface area contributed by atoms with Gasteiger partial charge in [0.2, 0.25) is 0 Å². The zero-order valence-electron chi connectivity index (χ0n) is 14.1. The summed E-state index contributed by atoms with van der Waals surface area (Å²) in [6.07, 6.45) is 1.76. The van der Waals surface area contributed by atoms with Gasteiger partial charge in [0.15, 0.2) is 0 Å². The van der Waals surface area contributed by atoms with E-state index in [1.165, 1.54) is 12.2 Å². The van der Waals surface area contributed by atoms with Crippen LogP contribution in [0.4, 0.5) is 0 Å². The Morgan fingerprint density at radius 1 is 1.00 bits per heavy atom. The van der Waals surface area contributed by atoms with Crippen LogP contribution in [0.5, 0.6) is 0 Å². The molecule has 0 saturated heterocycles. The molecule has 0 aliphatic carbocycles. The van der Waals surface area contributed by atoms with E-state index < -0.39 is 0 Å². The first kappa shape index (κ1) is 15.5. The number of aromatic nitrogens is 2. The summed E-state index contributed by atoms with van der Waals surface area (Å²) < 4.78 is 0. The fraction of sp³-hybridized carbons (Fsp3) is 0.150. The van der Waals surface area contributed by atoms with Crippen LogP contribution in [0.25, 0.3) is 22.5 Å². The summed E-state index contributed by atoms with van der Waals surface area (Å²) in [5.41, 5.74) is 5.85. The third kappa shape index (κ3) is 2.58. The minimum absolute atomic E-state index is 0.185. The average Bonchev–Trinajstić information content (AvgIpc) is 2.77. The second-order valence-electron chi connectivity index (χ2n) is 5.91. The number of carbonyl (C=O) groups excluding carboxylic acids is 1. The van der Waals surface area contributed by atoms with Gasteiger partial charge >= 0.3 is 0 Å². The van der Waals surface area contributed by atoms with Crippen molar-refractivity contribution in [3.05, 3.63) is 71.5 Å². The van der Waals surface area contributed by atoms with E-state index in [9.17, 15) is 4.79 Å². The molecule has 1 amide bonds. The lowest BCUT2D eigenvalue weighted by atomic mass is 10.00. The van der Waals surface area contributed by atoms with E-state index >= 15 is 0 Å². The monoisotopic (exact) mass is 331 g/mol. The van der Waals surface area contributed by atoms with Gasteiger partial charge in [-0.25, -0.2) is 10.0 Å². The zero-order chi connectivity index (χ0) is 17.4. The first-order valence-electron chi connectivity index (χ1n) is 8.06. The molecular formula is C20H17N3O2. The van der Waals surface area contributed by atoms with Gasteiger partial charge in [-0.2, -0.15) is 0 Å². The number of hydroxylamine groups is 2. The largest absolute Gasteiger partial charge is 0.279 e. The number of pyridine rings is 2. The topological polar surface area (TPSA) is 55.3 Å². The fourth-order valence-corrected chi connectivity index (χ4v) is 3.14. The SMILES string of the molecule is CON1Cc2ccccc2-c2nc(-c3cccnc3C)ccc2C1=O. The Labute approximate surface area is 145 Å². The van der Waals surface area contributed by atoms with Gasteiger partial charge in [-0.05, 0) is 36.8 Å². The van der Waals surface area contributed by atoms with E-state index in [2.05, 4.69) is 4.98 Å². The molecule has 0 N–H and O–H groups in total. The molecule has 4 rings (SSSR count). The van der Waals surface area contributed by atoms with E-state index in [0.717, 1.165) is 28.1 Å². The molecule has 1 aromatic carbocycles. The molecule has 1 aliphatic heterocycles. The average molecular weight is 331 g/mol. The molecule has 0 unspecified atom stereocenters. The highest BCUT2D eigenvalue weighted by Crippen LogP contribution is 2.33. The first-order valence-corrected chi connectivity index (χ1v) is 8.06. The molecule has 3 aromatic rings. The second kappa shape index (κ2) is 6.11. The lowest BCUT2D eigenvalue weighted by Crippen LogP contribution is -2.28. The Morgan fingerprint density at radius 2 is 1.80 bits per heavy atom. The van der Waals surface area contributed by atoms with Gasteiger partial charge in [0.25, 0.3) is 5.91 Å². The molecule has 2 aromatic heterocycles. The Balaban J connectivity index is 1.96. The summed E-state index contributed by atoms with van der Waals surface area (Å²) in [5, 5.41) is 1.36. The number of carbonyl (C=O) groups is 1. The van der Waals surface area contributed by atoms with Crippen LogP contribution in [-0.2, 0) is 11.4 Å². The Morgan fingerprint density at radius 3 is 2.60 bits per heavy atom. The predicted molar refractivity (Wildman–Crippen MR) is 94.5 cm³/mol. The normalized spacial score (nSPS) is 13.2. The number of fused-ring (bicyclic) bond motifs is 3. The number of benzene rings is 1. The van der Waals surface area contributed by atoms with Crippen LogP contribution in [0.3, 0.4) is 0 Å². The van der Waals surface area contributed by atoms with Crippen LogP contribution in [-0.4, -0.2) is 28.0 Å². The highest BCUT2D eigenvalue weighted by molar-refractivity contribution is 6.01. The van der Waals surface area contributed by atoms with Crippen LogP contribution < -0.4 is 0 Å². The highest BCUT2D eigenvalue weighted by Gasteiger charge is 2.27. The molecule has 5 nitrogen and oxygen atoms in total. The molecule has 1 aliphatic rings. The predicted octanol–water partition coefficient (Wildman–Crippen LogP) is 3.64. The second-order valence-corrected chi connectivity index (χ2v) is 5.91. The zero-order valence-corrected chi connectivity index (χ0v) is 14.1. The van der Waals surface area contributed by atoms with E-state index in [0.29, 0.717) is 17.8 Å². The lowest BCUT2D eigenvalue weighted by molar-refractivity contribution is -0.101. The van der Waals surface area contributed by atoms with Gasteiger partial charge in [0, 0.05) is 23.0 Å². The van der Waals surface area contributed by atoms with E-state index in [4.69, 9.17) is 9.82 Å². The summed E-state index contributed by atoms with van der Waals surface area (Å²) in [7, 11) is 1.51. The van der Waals surface area contributed by atoms with Crippen molar-refractivity contribution in [2.24, 2.45) is 0 Å². The molecule has 0 spiro atoms. The summed E-state index contributed by atoms with van der Waals surface area (Å²) >= 11 is 0. The maximum atomic E-state index is 12.8. The lowest BCUT2D eigenvalue weighted by Gasteiger charge is -2.17. The number of hydrogen-bond acceptors (Lipinski definition) is 4. The van der Waals surface area contributed by atoms with Crippen LogP contribution in [0.2, 0.25) is 0 Å². The minimum atomic E-state index is -0.185. The number of aryl methyl sites for hydroxylation is 1. The quantitative estimate of drug-likeness (QED) is 0.719. The number of amides is 1. The first-order chi connectivity index (χ1) is 12.2. The highest BCUT2D eigenvalue weighted by atomic mass is 16.7. The summed E-state index contributed by atoms with van der Waals surface area (Å²) in [6.45, 7) is 2.34. The Kier molecular flexibility index (Phi) is 3.78. The molecule has 25 heavy (non-hydrogen) atoms. The van der Waals surface area contributed by atoms with Gasteiger partial charge in [0.1, 0.15) is 0 Å². The van der Waals surface area contributed by atoms with Crippen molar-refractivity contribution in [1.82, 2.24) is 15.0 Å². The standard InChI is InChI=1S/C20H17N3O2/c1-13-15(8-5-11-21-13)18-10-9-17-19(22-18)16-7-4-3-6-14(16)12-23(25-2)20(17)24/h3-11H,12H2,1-2H3. The molecule has 0 bridgehead atoms. The van der Waals surface area contributed by atoms with E-state index in [1.54, 1.807) is 6.20 Å². The molecular weight excluding hydrogens is 314 g/mol. The van der Waals surface area contributed by atoms with Crippen molar-refractivity contribution in [1.29, 1.82) is 0 Å². The molecule has 3 heterocycles. The van der Waals surface area contributed by atoms with Crippen molar-refractivity contribution in [3.8, 4) is 22.5 Å². The van der Waals surface area contributed by atoms with Crippen molar-refractivity contribution < 1.29 is 9.63 Å². The number of hydrogen-bond donors (Lipinski definition) is 0. The molecule has 0 fully saturated rings. The fourth-order valence-electron chi connectivity index (χ4n) is 3.14. The summed E-state index contributed by atoms with van der Waals surface area (Å²) in [4.78, 5) is 27.2. The van der Waals surface area contributed by atoms with Crippen LogP contribution in [0.15, 0.2) is 54.7 Å². The summed E-state index contributed by atoms with van der Waals surface area (Å²) in [5.74, 6) is -0.185. The van der Waals surface area contributed by atoms with Gasteiger partial charge in [-0.3, -0.25) is 14.6 Å². The molecule has 0 atom stereocenters. The van der Waals surface area contributed by atoms with Gasteiger partial charge in [-0.15, -0.1) is 0 Å². The Bertz CT molecular complexity index is 969. The van der Waals surface area contributed by atoms with Gasteiger partial charge in [-0.1, -0.05) is 24.3 Å². The molecule has 0 radical (unpaired) electrons. The smallest absolute Gasteiger partial charge is 0.274 e. The van der Waals surface area contributed by atoms with Crippen molar-refractivity contribution in [2.75, 3.05) is 7.11 Å². The Hall–Kier alpha value is -3.05. The van der Waals surface area contributed by atoms with Crippen molar-refractivity contribution in [2.45, 2.75) is 13.5 Å². The van der Waals surface area contributed by atoms with Crippen molar-refractivity contribution in [3.63, 3.8) is 0 Å². The number of nitrogens with zero attached hydrogens (tertiary/aromatic N) is 3. The van der Waals surface area contributed by atoms with Crippen LogP contribution in [0, 0.1) is 6.92 Å².